The maximum absolute atomic E-state index is 13.6. The fraction of sp³-hybridized carbons (Fsp3) is 0.143. The summed E-state index contributed by atoms with van der Waals surface area (Å²) in [5.74, 6) is -3.73. The molecule has 0 amide bonds. The van der Waals surface area contributed by atoms with Crippen LogP contribution in [0.3, 0.4) is 0 Å². The molecule has 0 fully saturated rings. The second kappa shape index (κ2) is 5.57. The van der Waals surface area contributed by atoms with Crippen LogP contribution in [0.25, 0.3) is 0 Å². The lowest BCUT2D eigenvalue weighted by Crippen LogP contribution is -2.02. The Balaban J connectivity index is 2.24. The Morgan fingerprint density at radius 1 is 0.889 bits per heavy atom. The molecule has 18 heavy (non-hydrogen) atoms. The second-order valence-electron chi connectivity index (χ2n) is 3.92. The highest BCUT2D eigenvalue weighted by atomic mass is 79.9. The van der Waals surface area contributed by atoms with Crippen LogP contribution in [0.1, 0.15) is 16.0 Å². The fourth-order valence-corrected chi connectivity index (χ4v) is 2.44. The van der Waals surface area contributed by atoms with Gasteiger partial charge in [0.05, 0.1) is 0 Å². The van der Waals surface area contributed by atoms with E-state index in [0.717, 1.165) is 11.6 Å². The van der Waals surface area contributed by atoms with Crippen molar-refractivity contribution in [3.8, 4) is 0 Å². The minimum atomic E-state index is -1.43. The van der Waals surface area contributed by atoms with Crippen molar-refractivity contribution in [2.24, 2.45) is 0 Å². The maximum Gasteiger partial charge on any atom is 0.194 e. The normalized spacial score (nSPS) is 12.4. The van der Waals surface area contributed by atoms with E-state index in [1.54, 1.807) is 0 Å². The van der Waals surface area contributed by atoms with Crippen molar-refractivity contribution in [1.29, 1.82) is 0 Å². The summed E-state index contributed by atoms with van der Waals surface area (Å²) in [5.41, 5.74) is 1.11. The Bertz CT molecular complexity index is 540. The molecule has 0 N–H and O–H groups in total. The van der Waals surface area contributed by atoms with E-state index in [2.05, 4.69) is 15.9 Å². The van der Waals surface area contributed by atoms with E-state index in [4.69, 9.17) is 0 Å². The van der Waals surface area contributed by atoms with Gasteiger partial charge in [-0.1, -0.05) is 52.3 Å². The van der Waals surface area contributed by atoms with Gasteiger partial charge in [-0.05, 0) is 18.1 Å². The molecular formula is C14H10BrF3. The van der Waals surface area contributed by atoms with Gasteiger partial charge in [0.25, 0.3) is 0 Å². The van der Waals surface area contributed by atoms with E-state index in [-0.39, 0.29) is 5.56 Å². The summed E-state index contributed by atoms with van der Waals surface area (Å²) in [6, 6.07) is 11.6. The smallest absolute Gasteiger partial charge is 0.194 e. The van der Waals surface area contributed by atoms with Crippen LogP contribution in [0.15, 0.2) is 42.5 Å². The zero-order valence-corrected chi connectivity index (χ0v) is 10.9. The average Bonchev–Trinajstić information content (AvgIpc) is 2.37. The number of benzene rings is 2. The SMILES string of the molecule is Fc1ccc(C(Br)Cc2ccccc2)c(F)c1F. The standard InChI is InChI=1S/C14H10BrF3/c15-11(8-9-4-2-1-3-5-9)10-6-7-12(16)14(18)13(10)17/h1-7,11H,8H2. The summed E-state index contributed by atoms with van der Waals surface area (Å²) in [7, 11) is 0. The van der Waals surface area contributed by atoms with Gasteiger partial charge >= 0.3 is 0 Å². The highest BCUT2D eigenvalue weighted by molar-refractivity contribution is 9.09. The van der Waals surface area contributed by atoms with Crippen LogP contribution in [-0.2, 0) is 6.42 Å². The quantitative estimate of drug-likeness (QED) is 0.565. The molecule has 94 valence electrons. The summed E-state index contributed by atoms with van der Waals surface area (Å²) in [5, 5.41) is 0. The molecule has 2 rings (SSSR count). The summed E-state index contributed by atoms with van der Waals surface area (Å²) < 4.78 is 39.5. The molecule has 0 aliphatic heterocycles. The highest BCUT2D eigenvalue weighted by Crippen LogP contribution is 2.30. The number of halogens is 4. The molecule has 0 radical (unpaired) electrons. The molecule has 0 heterocycles. The first kappa shape index (κ1) is 13.1. The van der Waals surface area contributed by atoms with Crippen molar-refractivity contribution in [3.63, 3.8) is 0 Å². The lowest BCUT2D eigenvalue weighted by molar-refractivity contribution is 0.440. The monoisotopic (exact) mass is 314 g/mol. The summed E-state index contributed by atoms with van der Waals surface area (Å²) in [4.78, 5) is -0.394. The van der Waals surface area contributed by atoms with Crippen LogP contribution >= 0.6 is 15.9 Å². The largest absolute Gasteiger partial charge is 0.204 e. The molecule has 0 nitrogen and oxygen atoms in total. The molecule has 0 aromatic heterocycles. The molecule has 2 aromatic rings. The number of rotatable bonds is 3. The third kappa shape index (κ3) is 2.75. The topological polar surface area (TPSA) is 0 Å². The number of hydrogen-bond acceptors (Lipinski definition) is 0. The van der Waals surface area contributed by atoms with Crippen LogP contribution in [0.4, 0.5) is 13.2 Å². The third-order valence-electron chi connectivity index (χ3n) is 2.66. The molecule has 1 atom stereocenters. The van der Waals surface area contributed by atoms with Gasteiger partial charge < -0.3 is 0 Å². The molecule has 0 saturated carbocycles. The van der Waals surface area contributed by atoms with Crippen molar-refractivity contribution in [2.75, 3.05) is 0 Å². The van der Waals surface area contributed by atoms with Gasteiger partial charge in [-0.2, -0.15) is 0 Å². The Kier molecular flexibility index (Phi) is 4.07. The Hall–Kier alpha value is -1.29. The first-order valence-electron chi connectivity index (χ1n) is 5.41. The fourth-order valence-electron chi connectivity index (χ4n) is 1.71. The molecule has 1 unspecified atom stereocenters. The number of alkyl halides is 1. The van der Waals surface area contributed by atoms with E-state index in [1.165, 1.54) is 6.07 Å². The summed E-state index contributed by atoms with van der Waals surface area (Å²) in [6.45, 7) is 0. The van der Waals surface area contributed by atoms with Gasteiger partial charge in [-0.25, -0.2) is 13.2 Å². The zero-order valence-electron chi connectivity index (χ0n) is 9.34. The van der Waals surface area contributed by atoms with Gasteiger partial charge in [0, 0.05) is 10.4 Å². The molecule has 0 aliphatic rings. The van der Waals surface area contributed by atoms with Crippen molar-refractivity contribution in [1.82, 2.24) is 0 Å². The molecular weight excluding hydrogens is 305 g/mol. The van der Waals surface area contributed by atoms with Gasteiger partial charge in [0.2, 0.25) is 0 Å². The molecule has 0 spiro atoms. The maximum atomic E-state index is 13.6. The second-order valence-corrected chi connectivity index (χ2v) is 5.03. The predicted molar refractivity (Wildman–Crippen MR) is 68.1 cm³/mol. The van der Waals surface area contributed by atoms with Gasteiger partial charge in [-0.15, -0.1) is 0 Å². The van der Waals surface area contributed by atoms with Crippen molar-refractivity contribution in [3.05, 3.63) is 71.0 Å². The Morgan fingerprint density at radius 3 is 2.22 bits per heavy atom. The first-order valence-corrected chi connectivity index (χ1v) is 6.32. The van der Waals surface area contributed by atoms with Crippen LogP contribution in [0, 0.1) is 17.5 Å². The summed E-state index contributed by atoms with van der Waals surface area (Å²) in [6.07, 6.45) is 0.503. The van der Waals surface area contributed by atoms with Crippen LogP contribution in [0.5, 0.6) is 0 Å². The first-order chi connectivity index (χ1) is 8.59. The molecule has 0 saturated heterocycles. The van der Waals surface area contributed by atoms with E-state index < -0.39 is 22.3 Å². The minimum Gasteiger partial charge on any atom is -0.204 e. The molecule has 2 aromatic carbocycles. The minimum absolute atomic E-state index is 0.123. The highest BCUT2D eigenvalue weighted by Gasteiger charge is 2.19. The third-order valence-corrected chi connectivity index (χ3v) is 3.48. The lowest BCUT2D eigenvalue weighted by Gasteiger charge is -2.12. The van der Waals surface area contributed by atoms with Crippen LogP contribution in [0.2, 0.25) is 0 Å². The van der Waals surface area contributed by atoms with Crippen molar-refractivity contribution in [2.45, 2.75) is 11.2 Å². The zero-order chi connectivity index (χ0) is 13.1. The Labute approximate surface area is 112 Å². The van der Waals surface area contributed by atoms with E-state index in [1.807, 2.05) is 30.3 Å². The van der Waals surface area contributed by atoms with Gasteiger partial charge in [0.1, 0.15) is 0 Å². The Morgan fingerprint density at radius 2 is 1.56 bits per heavy atom. The van der Waals surface area contributed by atoms with Crippen LogP contribution in [-0.4, -0.2) is 0 Å². The average molecular weight is 315 g/mol. The molecule has 4 heteroatoms. The van der Waals surface area contributed by atoms with Crippen LogP contribution < -0.4 is 0 Å². The van der Waals surface area contributed by atoms with Crippen molar-refractivity contribution >= 4 is 15.9 Å². The summed E-state index contributed by atoms with van der Waals surface area (Å²) >= 11 is 3.30. The van der Waals surface area contributed by atoms with Gasteiger partial charge in [0.15, 0.2) is 17.5 Å². The molecule has 0 aliphatic carbocycles. The number of hydrogen-bond donors (Lipinski definition) is 0. The van der Waals surface area contributed by atoms with E-state index in [0.29, 0.717) is 6.42 Å². The van der Waals surface area contributed by atoms with Gasteiger partial charge in [-0.3, -0.25) is 0 Å². The van der Waals surface area contributed by atoms with E-state index >= 15 is 0 Å². The molecule has 0 bridgehead atoms. The van der Waals surface area contributed by atoms with E-state index in [9.17, 15) is 13.2 Å². The predicted octanol–water partition coefficient (Wildman–Crippen LogP) is 4.78. The lowest BCUT2D eigenvalue weighted by atomic mass is 10.0. The van der Waals surface area contributed by atoms with Crippen molar-refractivity contribution < 1.29 is 13.2 Å².